The number of methoxy groups -OCH3 is 1. The predicted molar refractivity (Wildman–Crippen MR) is 89.6 cm³/mol. The van der Waals surface area contributed by atoms with Crippen molar-refractivity contribution in [1.82, 2.24) is 25.4 Å². The number of aromatic nitrogens is 3. The minimum absolute atomic E-state index is 0.211. The molecule has 1 aliphatic rings. The zero-order valence-corrected chi connectivity index (χ0v) is 13.9. The zero-order valence-electron chi connectivity index (χ0n) is 13.9. The number of rotatable bonds is 5. The monoisotopic (exact) mass is 329 g/mol. The van der Waals surface area contributed by atoms with Crippen LogP contribution >= 0.6 is 0 Å². The van der Waals surface area contributed by atoms with Crippen LogP contribution in [0.4, 0.5) is 4.79 Å². The molecular formula is C17H23N5O2. The second kappa shape index (κ2) is 7.81. The van der Waals surface area contributed by atoms with E-state index in [9.17, 15) is 4.79 Å². The van der Waals surface area contributed by atoms with Crippen molar-refractivity contribution in [1.29, 1.82) is 0 Å². The van der Waals surface area contributed by atoms with Gasteiger partial charge in [-0.1, -0.05) is 18.6 Å². The average molecular weight is 329 g/mol. The Morgan fingerprint density at radius 2 is 1.92 bits per heavy atom. The summed E-state index contributed by atoms with van der Waals surface area (Å²) < 4.78 is 7.25. The molecule has 128 valence electrons. The first-order valence-corrected chi connectivity index (χ1v) is 8.32. The molecule has 1 aliphatic heterocycles. The lowest BCUT2D eigenvalue weighted by Gasteiger charge is -2.09. The fraction of sp³-hybridized carbons (Fsp3) is 0.471. The Balaban J connectivity index is 1.48. The molecule has 0 aliphatic carbocycles. The van der Waals surface area contributed by atoms with E-state index in [2.05, 4.69) is 25.4 Å². The Morgan fingerprint density at radius 1 is 1.12 bits per heavy atom. The highest BCUT2D eigenvalue weighted by molar-refractivity contribution is 5.73. The molecule has 2 amide bonds. The van der Waals surface area contributed by atoms with Crippen molar-refractivity contribution in [3.63, 3.8) is 0 Å². The number of benzene rings is 1. The third-order valence-electron chi connectivity index (χ3n) is 4.21. The van der Waals surface area contributed by atoms with E-state index in [1.54, 1.807) is 7.11 Å². The second-order valence-electron chi connectivity index (χ2n) is 5.88. The van der Waals surface area contributed by atoms with Gasteiger partial charge in [0, 0.05) is 19.5 Å². The molecule has 0 atom stereocenters. The summed E-state index contributed by atoms with van der Waals surface area (Å²) in [6.07, 6.45) is 4.49. The first kappa shape index (κ1) is 16.3. The molecule has 0 saturated carbocycles. The molecule has 1 aromatic carbocycles. The van der Waals surface area contributed by atoms with Gasteiger partial charge in [-0.2, -0.15) is 0 Å². The van der Waals surface area contributed by atoms with Crippen LogP contribution in [-0.4, -0.2) is 27.9 Å². The molecule has 0 saturated heterocycles. The largest absolute Gasteiger partial charge is 0.497 e. The van der Waals surface area contributed by atoms with Crippen molar-refractivity contribution in [2.75, 3.05) is 7.11 Å². The molecule has 0 fully saturated rings. The summed E-state index contributed by atoms with van der Waals surface area (Å²) in [5, 5.41) is 14.1. The second-order valence-corrected chi connectivity index (χ2v) is 5.88. The molecule has 2 N–H and O–H groups in total. The van der Waals surface area contributed by atoms with Crippen molar-refractivity contribution in [2.45, 2.75) is 45.3 Å². The first-order valence-electron chi connectivity index (χ1n) is 8.32. The molecule has 3 rings (SSSR count). The normalized spacial score (nSPS) is 13.7. The number of carbonyl (C=O) groups excluding carboxylic acids is 1. The highest BCUT2D eigenvalue weighted by atomic mass is 16.5. The zero-order chi connectivity index (χ0) is 16.8. The van der Waals surface area contributed by atoms with Gasteiger partial charge < -0.3 is 19.9 Å². The summed E-state index contributed by atoms with van der Waals surface area (Å²) in [4.78, 5) is 12.0. The van der Waals surface area contributed by atoms with Gasteiger partial charge in [-0.3, -0.25) is 0 Å². The lowest BCUT2D eigenvalue weighted by atomic mass is 10.2. The fourth-order valence-electron chi connectivity index (χ4n) is 2.82. The maximum Gasteiger partial charge on any atom is 0.315 e. The number of amides is 2. The predicted octanol–water partition coefficient (Wildman–Crippen LogP) is 2.01. The number of nitrogens with zero attached hydrogens (tertiary/aromatic N) is 3. The minimum Gasteiger partial charge on any atom is -0.497 e. The van der Waals surface area contributed by atoms with E-state index in [1.165, 1.54) is 6.42 Å². The standard InChI is InChI=1S/C17H23N5O2/c1-24-14-8-6-13(7-9-14)11-18-17(23)19-12-16-21-20-15-5-3-2-4-10-22(15)16/h6-9H,2-5,10-12H2,1H3,(H2,18,19,23). The molecule has 1 aromatic heterocycles. The van der Waals surface area contributed by atoms with Gasteiger partial charge in [0.05, 0.1) is 13.7 Å². The van der Waals surface area contributed by atoms with Crippen LogP contribution in [0.3, 0.4) is 0 Å². The van der Waals surface area contributed by atoms with Gasteiger partial charge in [-0.25, -0.2) is 4.79 Å². The van der Waals surface area contributed by atoms with E-state index >= 15 is 0 Å². The van der Waals surface area contributed by atoms with Crippen LogP contribution in [0.15, 0.2) is 24.3 Å². The maximum atomic E-state index is 12.0. The summed E-state index contributed by atoms with van der Waals surface area (Å²) in [5.41, 5.74) is 1.02. The highest BCUT2D eigenvalue weighted by Gasteiger charge is 2.14. The molecule has 0 bridgehead atoms. The van der Waals surface area contributed by atoms with E-state index in [-0.39, 0.29) is 6.03 Å². The van der Waals surface area contributed by atoms with Gasteiger partial charge in [-0.15, -0.1) is 10.2 Å². The summed E-state index contributed by atoms with van der Waals surface area (Å²) in [7, 11) is 1.63. The molecule has 2 heterocycles. The van der Waals surface area contributed by atoms with Crippen LogP contribution in [0.5, 0.6) is 5.75 Å². The van der Waals surface area contributed by atoms with Crippen molar-refractivity contribution < 1.29 is 9.53 Å². The molecule has 24 heavy (non-hydrogen) atoms. The number of nitrogens with one attached hydrogen (secondary N) is 2. The summed E-state index contributed by atoms with van der Waals surface area (Å²) >= 11 is 0. The number of urea groups is 1. The Bertz CT molecular complexity index is 681. The Hall–Kier alpha value is -2.57. The molecule has 0 unspecified atom stereocenters. The van der Waals surface area contributed by atoms with Crippen LogP contribution in [0, 0.1) is 0 Å². The summed E-state index contributed by atoms with van der Waals surface area (Å²) in [6, 6.07) is 7.40. The molecule has 2 aromatic rings. The third-order valence-corrected chi connectivity index (χ3v) is 4.21. The van der Waals surface area contributed by atoms with Crippen LogP contribution in [0.1, 0.15) is 36.5 Å². The van der Waals surface area contributed by atoms with E-state index in [0.29, 0.717) is 13.1 Å². The number of hydrogen-bond acceptors (Lipinski definition) is 4. The number of fused-ring (bicyclic) bond motifs is 1. The molecule has 0 radical (unpaired) electrons. The summed E-state index contributed by atoms with van der Waals surface area (Å²) in [6.45, 7) is 1.79. The molecular weight excluding hydrogens is 306 g/mol. The first-order chi connectivity index (χ1) is 11.8. The van der Waals surface area contributed by atoms with Crippen LogP contribution in [0.25, 0.3) is 0 Å². The van der Waals surface area contributed by atoms with Crippen molar-refractivity contribution in [2.24, 2.45) is 0 Å². The quantitative estimate of drug-likeness (QED) is 0.879. The van der Waals surface area contributed by atoms with Crippen molar-refractivity contribution >= 4 is 6.03 Å². The van der Waals surface area contributed by atoms with Gasteiger partial charge in [-0.05, 0) is 30.5 Å². The Kier molecular flexibility index (Phi) is 5.30. The minimum atomic E-state index is -0.211. The number of ether oxygens (including phenoxy) is 1. The molecule has 7 heteroatoms. The van der Waals surface area contributed by atoms with Gasteiger partial charge >= 0.3 is 6.03 Å². The van der Waals surface area contributed by atoms with Gasteiger partial charge in [0.15, 0.2) is 5.82 Å². The maximum absolute atomic E-state index is 12.0. The van der Waals surface area contributed by atoms with Crippen molar-refractivity contribution in [3.8, 4) is 5.75 Å². The van der Waals surface area contributed by atoms with E-state index in [1.807, 2.05) is 24.3 Å². The van der Waals surface area contributed by atoms with E-state index in [4.69, 9.17) is 4.74 Å². The fourth-order valence-corrected chi connectivity index (χ4v) is 2.82. The van der Waals surface area contributed by atoms with E-state index < -0.39 is 0 Å². The summed E-state index contributed by atoms with van der Waals surface area (Å²) in [5.74, 6) is 2.66. The van der Waals surface area contributed by atoms with Gasteiger partial charge in [0.1, 0.15) is 11.6 Å². The number of carbonyl (C=O) groups is 1. The number of aryl methyl sites for hydroxylation is 1. The molecule has 0 spiro atoms. The van der Waals surface area contributed by atoms with E-state index in [0.717, 1.165) is 48.8 Å². The van der Waals surface area contributed by atoms with Gasteiger partial charge in [0.2, 0.25) is 0 Å². The smallest absolute Gasteiger partial charge is 0.315 e. The van der Waals surface area contributed by atoms with Crippen molar-refractivity contribution in [3.05, 3.63) is 41.5 Å². The van der Waals surface area contributed by atoms with Crippen LogP contribution < -0.4 is 15.4 Å². The lowest BCUT2D eigenvalue weighted by Crippen LogP contribution is -2.35. The average Bonchev–Trinajstić information content (AvgIpc) is 2.85. The Labute approximate surface area is 141 Å². The highest BCUT2D eigenvalue weighted by Crippen LogP contribution is 2.14. The number of hydrogen-bond donors (Lipinski definition) is 2. The van der Waals surface area contributed by atoms with Crippen LogP contribution in [-0.2, 0) is 26.1 Å². The van der Waals surface area contributed by atoms with Gasteiger partial charge in [0.25, 0.3) is 0 Å². The van der Waals surface area contributed by atoms with Crippen LogP contribution in [0.2, 0.25) is 0 Å². The molecule has 7 nitrogen and oxygen atoms in total. The Morgan fingerprint density at radius 3 is 2.71 bits per heavy atom. The SMILES string of the molecule is COc1ccc(CNC(=O)NCc2nnc3n2CCCCC3)cc1. The lowest BCUT2D eigenvalue weighted by molar-refractivity contribution is 0.239. The topological polar surface area (TPSA) is 81.1 Å². The third kappa shape index (κ3) is 4.04.